The SMILES string of the molecule is O=C(Nc1ccc2[nH]ncc2c1)c1nc(C(F)(F)F)cs1. The number of nitrogens with zero attached hydrogens (tertiary/aromatic N) is 2. The van der Waals surface area contributed by atoms with Crippen LogP contribution < -0.4 is 5.32 Å². The summed E-state index contributed by atoms with van der Waals surface area (Å²) in [4.78, 5) is 15.2. The molecule has 0 unspecified atom stereocenters. The molecule has 0 bridgehead atoms. The fourth-order valence-corrected chi connectivity index (χ4v) is 2.43. The molecule has 0 saturated heterocycles. The van der Waals surface area contributed by atoms with Crippen molar-refractivity contribution in [3.63, 3.8) is 0 Å². The molecular weight excluding hydrogens is 305 g/mol. The Hall–Kier alpha value is -2.42. The molecule has 9 heteroatoms. The Kier molecular flexibility index (Phi) is 3.13. The Morgan fingerprint density at radius 3 is 2.86 bits per heavy atom. The maximum atomic E-state index is 12.4. The van der Waals surface area contributed by atoms with Crippen LogP contribution in [-0.4, -0.2) is 21.1 Å². The van der Waals surface area contributed by atoms with Crippen molar-refractivity contribution in [3.05, 3.63) is 40.5 Å². The molecular formula is C12H7F3N4OS. The number of carbonyl (C=O) groups excluding carboxylic acids is 1. The van der Waals surface area contributed by atoms with E-state index in [2.05, 4.69) is 20.5 Å². The average Bonchev–Trinajstić information content (AvgIpc) is 3.06. The van der Waals surface area contributed by atoms with Gasteiger partial charge in [0, 0.05) is 16.5 Å². The first-order valence-electron chi connectivity index (χ1n) is 5.71. The summed E-state index contributed by atoms with van der Waals surface area (Å²) in [7, 11) is 0. The van der Waals surface area contributed by atoms with Gasteiger partial charge in [-0.25, -0.2) is 4.98 Å². The van der Waals surface area contributed by atoms with Gasteiger partial charge in [-0.1, -0.05) is 0 Å². The molecule has 2 aromatic heterocycles. The lowest BCUT2D eigenvalue weighted by atomic mass is 10.2. The van der Waals surface area contributed by atoms with Crippen molar-refractivity contribution in [2.45, 2.75) is 6.18 Å². The third-order valence-electron chi connectivity index (χ3n) is 2.69. The van der Waals surface area contributed by atoms with Crippen LogP contribution in [0.1, 0.15) is 15.5 Å². The van der Waals surface area contributed by atoms with E-state index in [1.165, 1.54) is 0 Å². The van der Waals surface area contributed by atoms with Crippen molar-refractivity contribution >= 4 is 33.8 Å². The maximum absolute atomic E-state index is 12.4. The minimum Gasteiger partial charge on any atom is -0.320 e. The van der Waals surface area contributed by atoms with Crippen LogP contribution in [0.5, 0.6) is 0 Å². The van der Waals surface area contributed by atoms with Gasteiger partial charge >= 0.3 is 6.18 Å². The van der Waals surface area contributed by atoms with E-state index in [1.807, 2.05) is 0 Å². The Morgan fingerprint density at radius 1 is 1.33 bits per heavy atom. The highest BCUT2D eigenvalue weighted by molar-refractivity contribution is 7.11. The standard InChI is InChI=1S/C12H7F3N4OS/c13-12(14,15)9-5-21-11(18-9)10(20)17-7-1-2-8-6(3-7)4-16-19-8/h1-5H,(H,16,19)(H,17,20). The number of hydrogen-bond donors (Lipinski definition) is 2. The van der Waals surface area contributed by atoms with Crippen LogP contribution in [-0.2, 0) is 6.18 Å². The molecule has 2 heterocycles. The number of aromatic nitrogens is 3. The first-order chi connectivity index (χ1) is 9.93. The van der Waals surface area contributed by atoms with E-state index in [0.29, 0.717) is 17.0 Å². The number of aromatic amines is 1. The highest BCUT2D eigenvalue weighted by Gasteiger charge is 2.34. The number of halogens is 3. The van der Waals surface area contributed by atoms with Crippen LogP contribution in [0.15, 0.2) is 29.8 Å². The molecule has 0 aliphatic carbocycles. The number of rotatable bonds is 2. The molecule has 1 aromatic carbocycles. The largest absolute Gasteiger partial charge is 0.434 e. The zero-order chi connectivity index (χ0) is 15.0. The smallest absolute Gasteiger partial charge is 0.320 e. The van der Waals surface area contributed by atoms with Gasteiger partial charge in [0.2, 0.25) is 0 Å². The Balaban J connectivity index is 1.80. The van der Waals surface area contributed by atoms with Gasteiger partial charge < -0.3 is 5.32 Å². The lowest BCUT2D eigenvalue weighted by molar-refractivity contribution is -0.140. The van der Waals surface area contributed by atoms with Crippen molar-refractivity contribution in [1.29, 1.82) is 0 Å². The topological polar surface area (TPSA) is 70.7 Å². The number of anilines is 1. The Labute approximate surface area is 119 Å². The summed E-state index contributed by atoms with van der Waals surface area (Å²) in [5.41, 5.74) is 0.183. The third kappa shape index (κ3) is 2.72. The second kappa shape index (κ2) is 4.85. The van der Waals surface area contributed by atoms with Crippen molar-refractivity contribution < 1.29 is 18.0 Å². The summed E-state index contributed by atoms with van der Waals surface area (Å²) >= 11 is 0.647. The molecule has 0 saturated carbocycles. The van der Waals surface area contributed by atoms with Gasteiger partial charge in [-0.2, -0.15) is 18.3 Å². The van der Waals surface area contributed by atoms with E-state index in [0.717, 1.165) is 16.3 Å². The summed E-state index contributed by atoms with van der Waals surface area (Å²) in [5.74, 6) is -0.682. The zero-order valence-corrected chi connectivity index (χ0v) is 11.0. The number of nitrogens with one attached hydrogen (secondary N) is 2. The molecule has 0 aliphatic heterocycles. The van der Waals surface area contributed by atoms with Crippen molar-refractivity contribution in [2.75, 3.05) is 5.32 Å². The van der Waals surface area contributed by atoms with Gasteiger partial charge in [0.05, 0.1) is 11.7 Å². The van der Waals surface area contributed by atoms with Gasteiger partial charge in [-0.3, -0.25) is 9.89 Å². The molecule has 5 nitrogen and oxygen atoms in total. The van der Waals surface area contributed by atoms with Crippen molar-refractivity contribution in [2.24, 2.45) is 0 Å². The number of benzene rings is 1. The minimum atomic E-state index is -4.55. The molecule has 3 aromatic rings. The molecule has 0 radical (unpaired) electrons. The predicted molar refractivity (Wildman–Crippen MR) is 71.2 cm³/mol. The van der Waals surface area contributed by atoms with Gasteiger partial charge in [0.1, 0.15) is 0 Å². The first kappa shape index (κ1) is 13.6. The van der Waals surface area contributed by atoms with Crippen LogP contribution in [0.25, 0.3) is 10.9 Å². The lowest BCUT2D eigenvalue weighted by Gasteiger charge is -2.03. The first-order valence-corrected chi connectivity index (χ1v) is 6.58. The lowest BCUT2D eigenvalue weighted by Crippen LogP contribution is -2.13. The predicted octanol–water partition coefficient (Wildman–Crippen LogP) is 3.29. The summed E-state index contributed by atoms with van der Waals surface area (Å²) in [6, 6.07) is 4.99. The zero-order valence-electron chi connectivity index (χ0n) is 10.2. The quantitative estimate of drug-likeness (QED) is 0.763. The van der Waals surface area contributed by atoms with Crippen LogP contribution in [0.2, 0.25) is 0 Å². The van der Waals surface area contributed by atoms with E-state index in [-0.39, 0.29) is 5.01 Å². The molecule has 1 amide bonds. The normalized spacial score (nSPS) is 11.8. The molecule has 108 valence electrons. The molecule has 2 N–H and O–H groups in total. The van der Waals surface area contributed by atoms with E-state index >= 15 is 0 Å². The van der Waals surface area contributed by atoms with Crippen molar-refractivity contribution in [1.82, 2.24) is 15.2 Å². The van der Waals surface area contributed by atoms with E-state index < -0.39 is 17.8 Å². The van der Waals surface area contributed by atoms with Crippen LogP contribution in [0.4, 0.5) is 18.9 Å². The molecule has 0 fully saturated rings. The fourth-order valence-electron chi connectivity index (χ4n) is 1.71. The minimum absolute atomic E-state index is 0.241. The van der Waals surface area contributed by atoms with E-state index in [4.69, 9.17) is 0 Å². The number of fused-ring (bicyclic) bond motifs is 1. The number of amides is 1. The van der Waals surface area contributed by atoms with Gasteiger partial charge in [0.15, 0.2) is 10.7 Å². The van der Waals surface area contributed by atoms with Gasteiger partial charge in [0.25, 0.3) is 5.91 Å². The summed E-state index contributed by atoms with van der Waals surface area (Å²) in [5, 5.41) is 10.4. The van der Waals surface area contributed by atoms with Crippen molar-refractivity contribution in [3.8, 4) is 0 Å². The average molecular weight is 312 g/mol. The van der Waals surface area contributed by atoms with Gasteiger partial charge in [-0.05, 0) is 18.2 Å². The monoisotopic (exact) mass is 312 g/mol. The van der Waals surface area contributed by atoms with Gasteiger partial charge in [-0.15, -0.1) is 11.3 Å². The Morgan fingerprint density at radius 2 is 2.14 bits per heavy atom. The summed E-state index contributed by atoms with van der Waals surface area (Å²) in [6.07, 6.45) is -2.97. The second-order valence-electron chi connectivity index (χ2n) is 4.16. The fraction of sp³-hybridized carbons (Fsp3) is 0.0833. The maximum Gasteiger partial charge on any atom is 0.434 e. The Bertz CT molecular complexity index is 808. The van der Waals surface area contributed by atoms with Crippen LogP contribution in [0.3, 0.4) is 0 Å². The number of carbonyl (C=O) groups is 1. The van der Waals surface area contributed by atoms with Crippen LogP contribution in [0, 0.1) is 0 Å². The molecule has 0 aliphatic rings. The summed E-state index contributed by atoms with van der Waals surface area (Å²) < 4.78 is 37.3. The molecule has 0 spiro atoms. The molecule has 3 rings (SSSR count). The van der Waals surface area contributed by atoms with E-state index in [1.54, 1.807) is 24.4 Å². The highest BCUT2D eigenvalue weighted by Crippen LogP contribution is 2.30. The third-order valence-corrected chi connectivity index (χ3v) is 3.53. The molecule has 0 atom stereocenters. The van der Waals surface area contributed by atoms with Crippen LogP contribution >= 0.6 is 11.3 Å². The number of hydrogen-bond acceptors (Lipinski definition) is 4. The number of alkyl halides is 3. The number of H-pyrrole nitrogens is 1. The highest BCUT2D eigenvalue weighted by atomic mass is 32.1. The number of thiazole rings is 1. The van der Waals surface area contributed by atoms with E-state index in [9.17, 15) is 18.0 Å². The molecule has 21 heavy (non-hydrogen) atoms. The summed E-state index contributed by atoms with van der Waals surface area (Å²) in [6.45, 7) is 0. The second-order valence-corrected chi connectivity index (χ2v) is 5.02.